The molecule has 0 radical (unpaired) electrons. The van der Waals surface area contributed by atoms with Gasteiger partial charge in [0.1, 0.15) is 11.9 Å². The summed E-state index contributed by atoms with van der Waals surface area (Å²) in [7, 11) is 3.24. The molecule has 3 atom stereocenters. The Balaban J connectivity index is 1.47. The van der Waals surface area contributed by atoms with Gasteiger partial charge in [0, 0.05) is 38.7 Å². The number of carbonyl (C=O) groups excluding carboxylic acids is 1. The number of piperidine rings is 1. The fourth-order valence-electron chi connectivity index (χ4n) is 5.52. The van der Waals surface area contributed by atoms with Crippen LogP contribution in [0, 0.1) is 24.7 Å². The van der Waals surface area contributed by atoms with Gasteiger partial charge in [0.25, 0.3) is 5.56 Å². The summed E-state index contributed by atoms with van der Waals surface area (Å²) in [5, 5.41) is 16.1. The maximum Gasteiger partial charge on any atom is 0.356 e. The van der Waals surface area contributed by atoms with Crippen LogP contribution in [0.4, 0.5) is 11.6 Å². The zero-order valence-electron chi connectivity index (χ0n) is 21.5. The van der Waals surface area contributed by atoms with Gasteiger partial charge in [-0.15, -0.1) is 0 Å². The van der Waals surface area contributed by atoms with E-state index in [1.54, 1.807) is 17.7 Å². The zero-order chi connectivity index (χ0) is 27.3. The molecule has 0 unspecified atom stereocenters. The number of benzene rings is 1. The first-order valence-corrected chi connectivity index (χ1v) is 12.7. The fraction of sp³-hybridized carbons (Fsp3) is 0.423. The molecule has 2 aliphatic rings. The Morgan fingerprint density at radius 2 is 1.95 bits per heavy atom. The average Bonchev–Trinajstić information content (AvgIpc) is 3.38. The van der Waals surface area contributed by atoms with E-state index in [4.69, 9.17) is 21.3 Å². The van der Waals surface area contributed by atoms with E-state index in [-0.39, 0.29) is 46.8 Å². The number of carboxylic acid groups (broad SMARTS) is 1. The number of hydrogen-bond donors (Lipinski definition) is 3. The lowest BCUT2D eigenvalue weighted by molar-refractivity contribution is -0.124. The first-order valence-electron chi connectivity index (χ1n) is 12.3. The van der Waals surface area contributed by atoms with Gasteiger partial charge in [-0.05, 0) is 49.4 Å². The van der Waals surface area contributed by atoms with Crippen molar-refractivity contribution >= 4 is 46.0 Å². The highest BCUT2D eigenvalue weighted by Crippen LogP contribution is 2.52. The van der Waals surface area contributed by atoms with E-state index in [1.807, 2.05) is 26.0 Å². The van der Waals surface area contributed by atoms with Crippen LogP contribution in [0.5, 0.6) is 0 Å². The number of rotatable bonds is 8. The lowest BCUT2D eigenvalue weighted by Gasteiger charge is -2.25. The minimum Gasteiger partial charge on any atom is -0.476 e. The number of pyridine rings is 1. The maximum absolute atomic E-state index is 13.5. The van der Waals surface area contributed by atoms with Crippen LogP contribution in [0.25, 0.3) is 10.9 Å². The van der Waals surface area contributed by atoms with Crippen molar-refractivity contribution in [1.29, 1.82) is 0 Å². The van der Waals surface area contributed by atoms with Crippen molar-refractivity contribution in [1.82, 2.24) is 19.9 Å². The molecule has 1 saturated heterocycles. The molecule has 1 aliphatic heterocycles. The number of halogens is 1. The summed E-state index contributed by atoms with van der Waals surface area (Å²) in [6.07, 6.45) is 0. The average molecular weight is 541 g/mol. The van der Waals surface area contributed by atoms with Gasteiger partial charge in [-0.1, -0.05) is 17.7 Å². The second-order valence-electron chi connectivity index (χ2n) is 9.96. The molecule has 1 aliphatic carbocycles. The molecular weight excluding hydrogens is 512 g/mol. The zero-order valence-corrected chi connectivity index (χ0v) is 22.2. The number of ether oxygens (including phenoxy) is 1. The third-order valence-electron chi connectivity index (χ3n) is 7.40. The Hall–Kier alpha value is -3.70. The minimum absolute atomic E-state index is 0.00283. The van der Waals surface area contributed by atoms with Crippen molar-refractivity contribution in [3.8, 4) is 0 Å². The molecule has 1 aromatic carbocycles. The van der Waals surface area contributed by atoms with Crippen LogP contribution in [-0.4, -0.2) is 58.4 Å². The molecule has 1 saturated carbocycles. The van der Waals surface area contributed by atoms with Gasteiger partial charge in [0.15, 0.2) is 5.69 Å². The van der Waals surface area contributed by atoms with Gasteiger partial charge in [-0.2, -0.15) is 0 Å². The number of hydrogen-bond acceptors (Lipinski definition) is 8. The molecule has 11 nitrogen and oxygen atoms in total. The van der Waals surface area contributed by atoms with E-state index in [9.17, 15) is 19.5 Å². The second-order valence-corrected chi connectivity index (χ2v) is 10.3. The molecule has 200 valence electrons. The fourth-order valence-corrected chi connectivity index (χ4v) is 5.67. The lowest BCUT2D eigenvalue weighted by Crippen LogP contribution is -2.35. The normalized spacial score (nSPS) is 20.8. The smallest absolute Gasteiger partial charge is 0.356 e. The Morgan fingerprint density at radius 1 is 1.24 bits per heavy atom. The van der Waals surface area contributed by atoms with Crippen LogP contribution < -0.4 is 21.1 Å². The highest BCUT2D eigenvalue weighted by atomic mass is 35.5. The second kappa shape index (κ2) is 9.88. The van der Waals surface area contributed by atoms with Crippen LogP contribution in [0.3, 0.4) is 0 Å². The lowest BCUT2D eigenvalue weighted by atomic mass is 10.0. The molecule has 3 aromatic rings. The van der Waals surface area contributed by atoms with E-state index < -0.39 is 12.0 Å². The molecule has 0 spiro atoms. The van der Waals surface area contributed by atoms with Gasteiger partial charge in [-0.3, -0.25) is 14.2 Å². The Labute approximate surface area is 223 Å². The van der Waals surface area contributed by atoms with Crippen LogP contribution in [0.2, 0.25) is 5.15 Å². The summed E-state index contributed by atoms with van der Waals surface area (Å²) < 4.78 is 6.49. The molecule has 2 aromatic heterocycles. The van der Waals surface area contributed by atoms with Crippen LogP contribution >= 0.6 is 11.6 Å². The number of aromatic carboxylic acids is 1. The maximum atomic E-state index is 13.5. The number of aryl methyl sites for hydroxylation is 1. The number of nitrogens with zero attached hydrogens (tertiary/aromatic N) is 4. The highest BCUT2D eigenvalue weighted by molar-refractivity contribution is 6.29. The first kappa shape index (κ1) is 25.9. The van der Waals surface area contributed by atoms with Crippen LogP contribution in [0.1, 0.15) is 34.6 Å². The summed E-state index contributed by atoms with van der Waals surface area (Å²) in [5.41, 5.74) is 2.13. The molecular formula is C26H29ClN6O5. The Bertz CT molecular complexity index is 1500. The summed E-state index contributed by atoms with van der Waals surface area (Å²) in [4.78, 5) is 48.5. The van der Waals surface area contributed by atoms with Crippen molar-refractivity contribution in [2.75, 3.05) is 37.1 Å². The molecule has 3 heterocycles. The number of carbonyl (C=O) groups is 2. The number of nitrogens with one attached hydrogen (secondary N) is 2. The summed E-state index contributed by atoms with van der Waals surface area (Å²) >= 11 is 5.91. The molecule has 38 heavy (non-hydrogen) atoms. The molecule has 2 fully saturated rings. The van der Waals surface area contributed by atoms with Crippen LogP contribution in [-0.2, 0) is 16.6 Å². The van der Waals surface area contributed by atoms with Crippen molar-refractivity contribution < 1.29 is 19.4 Å². The monoisotopic (exact) mass is 540 g/mol. The van der Waals surface area contributed by atoms with E-state index in [2.05, 4.69) is 20.5 Å². The van der Waals surface area contributed by atoms with E-state index in [0.717, 1.165) is 11.1 Å². The number of fused-ring (bicyclic) bond motifs is 2. The molecule has 1 amide bonds. The van der Waals surface area contributed by atoms with Gasteiger partial charge < -0.3 is 25.4 Å². The SMILES string of the molecule is COCNC(=O)C1[C@H]2CN(c3nc4c([C@H](C)Nc5ccc(Cl)nc5C(=O)O)cc(C)cc4c(=O)n3C)C[C@H]12. The van der Waals surface area contributed by atoms with E-state index in [0.29, 0.717) is 35.6 Å². The highest BCUT2D eigenvalue weighted by Gasteiger charge is 2.59. The minimum atomic E-state index is -1.20. The number of methoxy groups -OCH3 is 1. The number of carboxylic acids is 1. The van der Waals surface area contributed by atoms with Crippen molar-refractivity contribution in [3.05, 3.63) is 56.6 Å². The number of amides is 1. The van der Waals surface area contributed by atoms with Crippen molar-refractivity contribution in [2.24, 2.45) is 24.8 Å². The van der Waals surface area contributed by atoms with Crippen molar-refractivity contribution in [2.45, 2.75) is 19.9 Å². The van der Waals surface area contributed by atoms with Gasteiger partial charge in [0.05, 0.1) is 22.6 Å². The third kappa shape index (κ3) is 4.56. The molecule has 3 N–H and O–H groups in total. The first-order chi connectivity index (χ1) is 18.1. The Morgan fingerprint density at radius 3 is 2.61 bits per heavy atom. The molecule has 5 rings (SSSR count). The van der Waals surface area contributed by atoms with Gasteiger partial charge in [0.2, 0.25) is 11.9 Å². The largest absolute Gasteiger partial charge is 0.476 e. The van der Waals surface area contributed by atoms with Crippen molar-refractivity contribution in [3.63, 3.8) is 0 Å². The molecule has 0 bridgehead atoms. The third-order valence-corrected chi connectivity index (χ3v) is 7.61. The standard InChI is InChI=1S/C26H29ClN6O5/c1-12-7-14(13(2)29-18-5-6-19(27)30-22(18)25(36)37)21-15(8-12)24(35)32(3)26(31-21)33-9-16-17(10-33)20(16)23(34)28-11-38-4/h5-8,13,16-17,20,29H,9-11H2,1-4H3,(H,28,34)(H,36,37)/t13-,16-,17-/m0/s1. The number of anilines is 2. The topological polar surface area (TPSA) is 139 Å². The number of aromatic nitrogens is 3. The summed E-state index contributed by atoms with van der Waals surface area (Å²) in [6.45, 7) is 5.23. The van der Waals surface area contributed by atoms with Gasteiger partial charge in [-0.25, -0.2) is 14.8 Å². The summed E-state index contributed by atoms with van der Waals surface area (Å²) in [5.74, 6) is -0.279. The van der Waals surface area contributed by atoms with E-state index >= 15 is 0 Å². The van der Waals surface area contributed by atoms with Gasteiger partial charge >= 0.3 is 5.97 Å². The van der Waals surface area contributed by atoms with E-state index in [1.165, 1.54) is 13.2 Å². The quantitative estimate of drug-likeness (QED) is 0.290. The predicted molar refractivity (Wildman–Crippen MR) is 143 cm³/mol. The molecule has 12 heteroatoms. The predicted octanol–water partition coefficient (Wildman–Crippen LogP) is 2.56. The Kier molecular flexibility index (Phi) is 6.74. The summed E-state index contributed by atoms with van der Waals surface area (Å²) in [6, 6.07) is 6.45. The van der Waals surface area contributed by atoms with Crippen LogP contribution in [0.15, 0.2) is 29.1 Å².